The van der Waals surface area contributed by atoms with Gasteiger partial charge in [-0.15, -0.1) is 0 Å². The summed E-state index contributed by atoms with van der Waals surface area (Å²) in [4.78, 5) is 7.77. The van der Waals surface area contributed by atoms with Crippen molar-refractivity contribution in [3.05, 3.63) is 0 Å². The minimum Gasteiger partial charge on any atom is -0.317 e. The zero-order chi connectivity index (χ0) is 46.9. The van der Waals surface area contributed by atoms with Gasteiger partial charge in [-0.05, 0) is 78.9 Å². The first-order chi connectivity index (χ1) is 31.5. The van der Waals surface area contributed by atoms with Crippen LogP contribution in [0.25, 0.3) is 0 Å². The highest BCUT2D eigenvalue weighted by Gasteiger charge is 2.08. The van der Waals surface area contributed by atoms with Crippen LogP contribution in [0.1, 0.15) is 298 Å². The van der Waals surface area contributed by atoms with Gasteiger partial charge in [0.1, 0.15) is 0 Å². The molecule has 0 aromatic carbocycles. The average Bonchev–Trinajstić information content (AvgIpc) is 3.30. The van der Waals surface area contributed by atoms with E-state index >= 15 is 0 Å². The SMILES string of the molecule is CCCCCCCCCCCCN(C)CCN(CCCCCCCCCCCC)CCCCCCCCCCCC.CCCCCCCCNCCCCCCC.CN1CCNCC1. The summed E-state index contributed by atoms with van der Waals surface area (Å²) >= 11 is 0. The van der Waals surface area contributed by atoms with Crippen LogP contribution in [0.3, 0.4) is 0 Å². The molecule has 0 unspecified atom stereocenters. The molecule has 0 aliphatic carbocycles. The van der Waals surface area contributed by atoms with Crippen molar-refractivity contribution in [1.29, 1.82) is 0 Å². The van der Waals surface area contributed by atoms with Crippen molar-refractivity contribution in [1.82, 2.24) is 25.3 Å². The van der Waals surface area contributed by atoms with Crippen molar-refractivity contribution in [3.63, 3.8) is 0 Å². The number of hydrogen-bond acceptors (Lipinski definition) is 5. The average molecular weight is 907 g/mol. The van der Waals surface area contributed by atoms with Crippen molar-refractivity contribution in [3.8, 4) is 0 Å². The number of nitrogens with zero attached hydrogens (tertiary/aromatic N) is 3. The normalized spacial score (nSPS) is 13.1. The van der Waals surface area contributed by atoms with Crippen molar-refractivity contribution >= 4 is 0 Å². The van der Waals surface area contributed by atoms with E-state index in [1.165, 1.54) is 322 Å². The highest BCUT2D eigenvalue weighted by Crippen LogP contribution is 2.14. The molecule has 0 saturated carbocycles. The Hall–Kier alpha value is -0.200. The number of hydrogen-bond donors (Lipinski definition) is 2. The summed E-state index contributed by atoms with van der Waals surface area (Å²) in [5.74, 6) is 0. The molecule has 1 rings (SSSR count). The molecule has 5 nitrogen and oxygen atoms in total. The predicted octanol–water partition coefficient (Wildman–Crippen LogP) is 17.4. The second-order valence-corrected chi connectivity index (χ2v) is 20.7. The van der Waals surface area contributed by atoms with Crippen LogP contribution < -0.4 is 10.6 Å². The molecule has 1 aliphatic heterocycles. The third kappa shape index (κ3) is 59.8. The maximum atomic E-state index is 3.55. The minimum absolute atomic E-state index is 1.16. The first-order valence-electron chi connectivity index (χ1n) is 30.1. The van der Waals surface area contributed by atoms with E-state index in [0.29, 0.717) is 0 Å². The molecule has 0 bridgehead atoms. The van der Waals surface area contributed by atoms with Gasteiger partial charge in [0.2, 0.25) is 0 Å². The third-order valence-electron chi connectivity index (χ3n) is 13.9. The Morgan fingerprint density at radius 1 is 0.328 bits per heavy atom. The maximum absolute atomic E-state index is 3.55. The molecule has 2 N–H and O–H groups in total. The Labute approximate surface area is 407 Å². The van der Waals surface area contributed by atoms with E-state index in [2.05, 4.69) is 74.0 Å². The molecule has 1 fully saturated rings. The van der Waals surface area contributed by atoms with Gasteiger partial charge < -0.3 is 25.3 Å². The number of rotatable bonds is 49. The molecule has 0 aromatic heterocycles. The van der Waals surface area contributed by atoms with Gasteiger partial charge >= 0.3 is 0 Å². The second kappa shape index (κ2) is 60.8. The van der Waals surface area contributed by atoms with Gasteiger partial charge in [0.15, 0.2) is 0 Å². The maximum Gasteiger partial charge on any atom is 0.0109 e. The molecule has 0 spiro atoms. The smallest absolute Gasteiger partial charge is 0.0109 e. The van der Waals surface area contributed by atoms with Gasteiger partial charge in [0, 0.05) is 39.3 Å². The lowest BCUT2D eigenvalue weighted by molar-refractivity contribution is 0.215. The summed E-state index contributed by atoms with van der Waals surface area (Å²) in [7, 11) is 4.52. The fourth-order valence-electron chi connectivity index (χ4n) is 9.06. The van der Waals surface area contributed by atoms with Gasteiger partial charge in [0.05, 0.1) is 0 Å². The second-order valence-electron chi connectivity index (χ2n) is 20.7. The van der Waals surface area contributed by atoms with E-state index in [-0.39, 0.29) is 0 Å². The molecule has 0 aromatic rings. The van der Waals surface area contributed by atoms with Gasteiger partial charge in [-0.25, -0.2) is 0 Å². The summed E-state index contributed by atoms with van der Waals surface area (Å²) in [5, 5.41) is 6.83. The summed E-state index contributed by atoms with van der Waals surface area (Å²) < 4.78 is 0. The van der Waals surface area contributed by atoms with Crippen molar-refractivity contribution in [2.24, 2.45) is 0 Å². The van der Waals surface area contributed by atoms with E-state index in [0.717, 1.165) is 13.1 Å². The van der Waals surface area contributed by atoms with Crippen LogP contribution in [0, 0.1) is 0 Å². The Bertz CT molecular complexity index is 734. The number of unbranched alkanes of at least 4 members (excludes halogenated alkanes) is 36. The lowest BCUT2D eigenvalue weighted by Crippen LogP contribution is -2.40. The fourth-order valence-corrected chi connectivity index (χ4v) is 9.06. The largest absolute Gasteiger partial charge is 0.317 e. The lowest BCUT2D eigenvalue weighted by atomic mass is 10.1. The first-order valence-corrected chi connectivity index (χ1v) is 30.1. The quantitative estimate of drug-likeness (QED) is 0.0595. The number of nitrogens with one attached hydrogen (secondary N) is 2. The number of piperazine rings is 1. The zero-order valence-electron chi connectivity index (χ0n) is 46.1. The molecule has 388 valence electrons. The van der Waals surface area contributed by atoms with E-state index in [1.807, 2.05) is 0 Å². The molecular weight excluding hydrogens is 779 g/mol. The molecule has 1 saturated heterocycles. The highest BCUT2D eigenvalue weighted by molar-refractivity contribution is 4.64. The Morgan fingerprint density at radius 3 is 0.875 bits per heavy atom. The standard InChI is InChI=1S/C39H82N2.C15H33N.C5H12N2/c1-5-8-11-14-17-20-23-26-29-32-35-40(4)38-39-41(36-33-30-27-24-21-18-15-12-9-6-2)37-34-31-28-25-22-19-16-13-10-7-3;1-3-5-7-9-11-13-15-16-14-12-10-8-6-4-2;1-7-4-2-6-3-5-7/h5-39H2,1-4H3;16H,3-15H2,1-2H3;6H,2-5H2,1H3. The Morgan fingerprint density at radius 2 is 0.594 bits per heavy atom. The third-order valence-corrected chi connectivity index (χ3v) is 13.9. The van der Waals surface area contributed by atoms with Crippen molar-refractivity contribution in [2.45, 2.75) is 298 Å². The summed E-state index contributed by atoms with van der Waals surface area (Å²) in [6.45, 7) is 25.2. The van der Waals surface area contributed by atoms with Gasteiger partial charge in [-0.1, -0.05) is 266 Å². The minimum atomic E-state index is 1.16. The molecule has 64 heavy (non-hydrogen) atoms. The lowest BCUT2D eigenvalue weighted by Gasteiger charge is -2.25. The zero-order valence-corrected chi connectivity index (χ0v) is 46.1. The van der Waals surface area contributed by atoms with Crippen molar-refractivity contribution < 1.29 is 0 Å². The van der Waals surface area contributed by atoms with Crippen LogP contribution in [0.2, 0.25) is 0 Å². The molecule has 1 aliphatic rings. The van der Waals surface area contributed by atoms with E-state index < -0.39 is 0 Å². The molecule has 0 atom stereocenters. The van der Waals surface area contributed by atoms with Crippen LogP contribution in [0.15, 0.2) is 0 Å². The van der Waals surface area contributed by atoms with Crippen LogP contribution in [-0.4, -0.2) is 101 Å². The van der Waals surface area contributed by atoms with Gasteiger partial charge in [-0.3, -0.25) is 0 Å². The van der Waals surface area contributed by atoms with E-state index in [4.69, 9.17) is 0 Å². The topological polar surface area (TPSA) is 33.8 Å². The van der Waals surface area contributed by atoms with E-state index in [9.17, 15) is 0 Å². The van der Waals surface area contributed by atoms with Gasteiger partial charge in [0.25, 0.3) is 0 Å². The Balaban J connectivity index is 0. The van der Waals surface area contributed by atoms with Crippen molar-refractivity contribution in [2.75, 3.05) is 86.1 Å². The molecule has 0 amide bonds. The summed E-state index contributed by atoms with van der Waals surface area (Å²) in [6.07, 6.45) is 58.7. The number of likely N-dealkylation sites (N-methyl/N-ethyl adjacent to an activating group) is 2. The highest BCUT2D eigenvalue weighted by atomic mass is 15.2. The predicted molar refractivity (Wildman–Crippen MR) is 295 cm³/mol. The molecule has 5 heteroatoms. The summed E-state index contributed by atoms with van der Waals surface area (Å²) in [5.41, 5.74) is 0. The van der Waals surface area contributed by atoms with E-state index in [1.54, 1.807) is 0 Å². The fraction of sp³-hybridized carbons (Fsp3) is 1.00. The van der Waals surface area contributed by atoms with Crippen LogP contribution in [-0.2, 0) is 0 Å². The molecular formula is C59H127N5. The Kier molecular flexibility index (Phi) is 62.6. The van der Waals surface area contributed by atoms with Crippen LogP contribution in [0.4, 0.5) is 0 Å². The van der Waals surface area contributed by atoms with Crippen LogP contribution in [0.5, 0.6) is 0 Å². The summed E-state index contributed by atoms with van der Waals surface area (Å²) in [6, 6.07) is 0. The van der Waals surface area contributed by atoms with Crippen LogP contribution >= 0.6 is 0 Å². The molecule has 1 heterocycles. The van der Waals surface area contributed by atoms with Gasteiger partial charge in [-0.2, -0.15) is 0 Å². The molecule has 0 radical (unpaired) electrons. The first kappa shape index (κ1) is 65.9. The monoisotopic (exact) mass is 906 g/mol.